The van der Waals surface area contributed by atoms with Crippen LogP contribution in [0.4, 0.5) is 0 Å². The van der Waals surface area contributed by atoms with Crippen LogP contribution in [0.25, 0.3) is 0 Å². The van der Waals surface area contributed by atoms with Crippen molar-refractivity contribution in [3.8, 4) is 0 Å². The zero-order valence-electron chi connectivity index (χ0n) is 8.59. The highest BCUT2D eigenvalue weighted by Crippen LogP contribution is 2.18. The fraction of sp³-hybridized carbons (Fsp3) is 1.00. The first-order chi connectivity index (χ1) is 6.36. The average Bonchev–Trinajstić information content (AvgIpc) is 2.64. The molecule has 0 radical (unpaired) electrons. The van der Waals surface area contributed by atoms with E-state index in [2.05, 4.69) is 12.3 Å². The molecule has 0 bridgehead atoms. The van der Waals surface area contributed by atoms with Crippen molar-refractivity contribution in [2.75, 3.05) is 6.61 Å². The largest absolute Gasteiger partial charge is 0.378 e. The van der Waals surface area contributed by atoms with E-state index in [1.54, 1.807) is 0 Å². The summed E-state index contributed by atoms with van der Waals surface area (Å²) in [5.41, 5.74) is 2.88. The second-order valence-corrected chi connectivity index (χ2v) is 3.88. The molecular weight excluding hydrogens is 164 g/mol. The van der Waals surface area contributed by atoms with E-state index in [1.807, 2.05) is 0 Å². The molecule has 2 atom stereocenters. The van der Waals surface area contributed by atoms with Gasteiger partial charge in [-0.2, -0.15) is 0 Å². The van der Waals surface area contributed by atoms with Crippen LogP contribution in [-0.4, -0.2) is 18.8 Å². The SMILES string of the molecule is CCCCC(CC1CCCO1)NN. The van der Waals surface area contributed by atoms with Crippen LogP contribution in [0.5, 0.6) is 0 Å². The first kappa shape index (κ1) is 11.0. The summed E-state index contributed by atoms with van der Waals surface area (Å²) in [6, 6.07) is 0.447. The van der Waals surface area contributed by atoms with Gasteiger partial charge in [0.05, 0.1) is 6.10 Å². The summed E-state index contributed by atoms with van der Waals surface area (Å²) in [5, 5.41) is 0. The van der Waals surface area contributed by atoms with Crippen LogP contribution in [0.1, 0.15) is 45.4 Å². The molecule has 1 saturated heterocycles. The van der Waals surface area contributed by atoms with E-state index < -0.39 is 0 Å². The molecule has 0 aliphatic carbocycles. The molecule has 1 aliphatic rings. The molecule has 1 fully saturated rings. The van der Waals surface area contributed by atoms with Gasteiger partial charge < -0.3 is 4.74 Å². The summed E-state index contributed by atoms with van der Waals surface area (Å²) in [5.74, 6) is 5.49. The maximum absolute atomic E-state index is 5.57. The molecule has 0 aromatic carbocycles. The van der Waals surface area contributed by atoms with E-state index in [0.29, 0.717) is 12.1 Å². The topological polar surface area (TPSA) is 47.3 Å². The average molecular weight is 186 g/mol. The third-order valence-electron chi connectivity index (χ3n) is 2.71. The molecule has 3 heteroatoms. The molecule has 78 valence electrons. The molecule has 13 heavy (non-hydrogen) atoms. The molecule has 3 N–H and O–H groups in total. The number of rotatable bonds is 6. The summed E-state index contributed by atoms with van der Waals surface area (Å²) >= 11 is 0. The normalized spacial score (nSPS) is 24.9. The fourth-order valence-electron chi connectivity index (χ4n) is 1.87. The highest BCUT2D eigenvalue weighted by atomic mass is 16.5. The number of nitrogens with two attached hydrogens (primary N) is 1. The Morgan fingerprint density at radius 1 is 1.62 bits per heavy atom. The van der Waals surface area contributed by atoms with Gasteiger partial charge in [0.15, 0.2) is 0 Å². The number of hydrazine groups is 1. The Balaban J connectivity index is 2.13. The predicted molar refractivity (Wildman–Crippen MR) is 54.2 cm³/mol. The van der Waals surface area contributed by atoms with E-state index in [1.165, 1.54) is 32.1 Å². The van der Waals surface area contributed by atoms with E-state index in [4.69, 9.17) is 10.6 Å². The minimum Gasteiger partial charge on any atom is -0.378 e. The van der Waals surface area contributed by atoms with Gasteiger partial charge in [0.2, 0.25) is 0 Å². The second-order valence-electron chi connectivity index (χ2n) is 3.88. The van der Waals surface area contributed by atoms with Gasteiger partial charge >= 0.3 is 0 Å². The Morgan fingerprint density at radius 3 is 3.00 bits per heavy atom. The molecule has 0 spiro atoms. The molecule has 1 aliphatic heterocycles. The van der Waals surface area contributed by atoms with Crippen molar-refractivity contribution in [3.05, 3.63) is 0 Å². The fourth-order valence-corrected chi connectivity index (χ4v) is 1.87. The molecular formula is C10H22N2O. The Kier molecular flexibility index (Phi) is 5.35. The second kappa shape index (κ2) is 6.35. The summed E-state index contributed by atoms with van der Waals surface area (Å²) < 4.78 is 5.57. The van der Waals surface area contributed by atoms with Crippen LogP contribution in [-0.2, 0) is 4.74 Å². The maximum atomic E-state index is 5.57. The third-order valence-corrected chi connectivity index (χ3v) is 2.71. The summed E-state index contributed by atoms with van der Waals surface area (Å²) in [4.78, 5) is 0. The van der Waals surface area contributed by atoms with Gasteiger partial charge in [0.25, 0.3) is 0 Å². The minimum absolute atomic E-state index is 0.447. The van der Waals surface area contributed by atoms with Gasteiger partial charge in [-0.1, -0.05) is 19.8 Å². The quantitative estimate of drug-likeness (QED) is 0.489. The van der Waals surface area contributed by atoms with Crippen LogP contribution in [0.3, 0.4) is 0 Å². The number of hydrogen-bond donors (Lipinski definition) is 2. The van der Waals surface area contributed by atoms with Gasteiger partial charge in [0.1, 0.15) is 0 Å². The number of unbranched alkanes of at least 4 members (excludes halogenated alkanes) is 1. The van der Waals surface area contributed by atoms with Crippen molar-refractivity contribution >= 4 is 0 Å². The lowest BCUT2D eigenvalue weighted by Gasteiger charge is -2.18. The van der Waals surface area contributed by atoms with Crippen molar-refractivity contribution < 1.29 is 4.74 Å². The van der Waals surface area contributed by atoms with Crippen molar-refractivity contribution in [1.82, 2.24) is 5.43 Å². The summed E-state index contributed by atoms with van der Waals surface area (Å²) in [6.45, 7) is 3.15. The predicted octanol–water partition coefficient (Wildman–Crippen LogP) is 1.58. The van der Waals surface area contributed by atoms with Crippen LogP contribution in [0, 0.1) is 0 Å². The monoisotopic (exact) mass is 186 g/mol. The Bertz CT molecular complexity index is 124. The molecule has 0 aromatic heterocycles. The van der Waals surface area contributed by atoms with Crippen LogP contribution in [0.2, 0.25) is 0 Å². The molecule has 0 aromatic rings. The Morgan fingerprint density at radius 2 is 2.46 bits per heavy atom. The number of ether oxygens (including phenoxy) is 1. The van der Waals surface area contributed by atoms with Gasteiger partial charge in [-0.25, -0.2) is 0 Å². The molecule has 3 nitrogen and oxygen atoms in total. The molecule has 1 rings (SSSR count). The van der Waals surface area contributed by atoms with Crippen LogP contribution >= 0.6 is 0 Å². The van der Waals surface area contributed by atoms with Gasteiger partial charge in [-0.05, 0) is 25.7 Å². The zero-order chi connectivity index (χ0) is 9.52. The highest BCUT2D eigenvalue weighted by molar-refractivity contribution is 4.73. The lowest BCUT2D eigenvalue weighted by molar-refractivity contribution is 0.0933. The first-order valence-corrected chi connectivity index (χ1v) is 5.44. The molecule has 2 unspecified atom stereocenters. The van der Waals surface area contributed by atoms with E-state index in [-0.39, 0.29) is 0 Å². The van der Waals surface area contributed by atoms with Crippen molar-refractivity contribution in [2.24, 2.45) is 5.84 Å². The zero-order valence-corrected chi connectivity index (χ0v) is 8.59. The maximum Gasteiger partial charge on any atom is 0.0591 e. The summed E-state index contributed by atoms with van der Waals surface area (Å²) in [6.07, 6.45) is 7.63. The number of hydrogen-bond acceptors (Lipinski definition) is 3. The third kappa shape index (κ3) is 4.07. The minimum atomic E-state index is 0.447. The van der Waals surface area contributed by atoms with E-state index in [9.17, 15) is 0 Å². The van der Waals surface area contributed by atoms with E-state index >= 15 is 0 Å². The highest BCUT2D eigenvalue weighted by Gasteiger charge is 2.19. The van der Waals surface area contributed by atoms with Gasteiger partial charge in [-0.3, -0.25) is 11.3 Å². The van der Waals surface area contributed by atoms with Crippen LogP contribution < -0.4 is 11.3 Å². The van der Waals surface area contributed by atoms with Crippen LogP contribution in [0.15, 0.2) is 0 Å². The molecule has 1 heterocycles. The Labute approximate surface area is 81.0 Å². The molecule has 0 amide bonds. The van der Waals surface area contributed by atoms with Crippen molar-refractivity contribution in [2.45, 2.75) is 57.6 Å². The number of nitrogens with one attached hydrogen (secondary N) is 1. The Hall–Kier alpha value is -0.120. The van der Waals surface area contributed by atoms with Gasteiger partial charge in [0, 0.05) is 12.6 Å². The van der Waals surface area contributed by atoms with Gasteiger partial charge in [-0.15, -0.1) is 0 Å². The van der Waals surface area contributed by atoms with Crippen molar-refractivity contribution in [3.63, 3.8) is 0 Å². The summed E-state index contributed by atoms with van der Waals surface area (Å²) in [7, 11) is 0. The lowest BCUT2D eigenvalue weighted by atomic mass is 10.0. The lowest BCUT2D eigenvalue weighted by Crippen LogP contribution is -2.37. The van der Waals surface area contributed by atoms with E-state index in [0.717, 1.165) is 13.0 Å². The van der Waals surface area contributed by atoms with Crippen molar-refractivity contribution in [1.29, 1.82) is 0 Å². The smallest absolute Gasteiger partial charge is 0.0591 e. The standard InChI is InChI=1S/C10H22N2O/c1-2-3-5-9(12-11)8-10-6-4-7-13-10/h9-10,12H,2-8,11H2,1H3. The first-order valence-electron chi connectivity index (χ1n) is 5.44. The molecule has 0 saturated carbocycles.